The number of benzene rings is 2. The van der Waals surface area contributed by atoms with Gasteiger partial charge in [-0.25, -0.2) is 9.97 Å². The zero-order valence-electron chi connectivity index (χ0n) is 12.1. The smallest absolute Gasteiger partial charge is 0.163 e. The van der Waals surface area contributed by atoms with E-state index in [1.807, 2.05) is 48.5 Å². The lowest BCUT2D eigenvalue weighted by molar-refractivity contribution is 0.842. The summed E-state index contributed by atoms with van der Waals surface area (Å²) in [5.74, 6) is 0.836. The lowest BCUT2D eigenvalue weighted by Gasteiger charge is -2.23. The molecule has 3 nitrogen and oxygen atoms in total. The number of nitrogens with zero attached hydrogens (tertiary/aromatic N) is 3. The van der Waals surface area contributed by atoms with Gasteiger partial charge >= 0.3 is 0 Å². The fourth-order valence-electron chi connectivity index (χ4n) is 2.36. The van der Waals surface area contributed by atoms with Crippen LogP contribution in [0.3, 0.4) is 0 Å². The minimum Gasteiger partial charge on any atom is -0.346 e. The van der Waals surface area contributed by atoms with E-state index in [0.29, 0.717) is 6.54 Å². The fourth-order valence-corrected chi connectivity index (χ4v) is 2.89. The molecule has 0 amide bonds. The third-order valence-corrected chi connectivity index (χ3v) is 3.91. The summed E-state index contributed by atoms with van der Waals surface area (Å²) in [6, 6.07) is 18.2. The maximum Gasteiger partial charge on any atom is 0.163 e. The van der Waals surface area contributed by atoms with Gasteiger partial charge in [0.2, 0.25) is 0 Å². The minimum atomic E-state index is 0.709. The first kappa shape index (κ1) is 14.7. The Morgan fingerprint density at radius 1 is 0.955 bits per heavy atom. The predicted octanol–water partition coefficient (Wildman–Crippen LogP) is 4.58. The molecule has 0 spiro atoms. The molecule has 3 aromatic rings. The highest BCUT2D eigenvalue weighted by atomic mass is 79.9. The highest BCUT2D eigenvalue weighted by Gasteiger charge is 2.13. The maximum atomic E-state index is 4.76. The third kappa shape index (κ3) is 3.17. The average molecular weight is 354 g/mol. The van der Waals surface area contributed by atoms with Crippen molar-refractivity contribution >= 4 is 32.8 Å². The normalized spacial score (nSPS) is 10.6. The highest BCUT2D eigenvalue weighted by molar-refractivity contribution is 9.10. The molecule has 0 saturated carbocycles. The van der Waals surface area contributed by atoms with Crippen molar-refractivity contribution in [3.63, 3.8) is 0 Å². The molecule has 0 aliphatic rings. The van der Waals surface area contributed by atoms with Crippen molar-refractivity contribution in [1.82, 2.24) is 9.97 Å². The molecule has 2 aromatic carbocycles. The Kier molecular flexibility index (Phi) is 4.49. The predicted molar refractivity (Wildman–Crippen MR) is 94.9 cm³/mol. The van der Waals surface area contributed by atoms with Crippen LogP contribution in [0.5, 0.6) is 0 Å². The Hall–Kier alpha value is -2.20. The van der Waals surface area contributed by atoms with Gasteiger partial charge in [0.05, 0.1) is 11.0 Å². The van der Waals surface area contributed by atoms with E-state index in [0.717, 1.165) is 28.0 Å². The van der Waals surface area contributed by atoms with Gasteiger partial charge in [-0.05, 0) is 33.6 Å². The summed E-state index contributed by atoms with van der Waals surface area (Å²) in [6.45, 7) is 5.33. The van der Waals surface area contributed by atoms with E-state index in [2.05, 4.69) is 44.5 Å². The fraction of sp³-hybridized carbons (Fsp3) is 0.111. The van der Waals surface area contributed by atoms with E-state index in [9.17, 15) is 0 Å². The second-order valence-corrected chi connectivity index (χ2v) is 5.73. The van der Waals surface area contributed by atoms with E-state index in [1.165, 1.54) is 5.56 Å². The molecule has 1 heterocycles. The van der Waals surface area contributed by atoms with Crippen molar-refractivity contribution in [2.45, 2.75) is 6.54 Å². The van der Waals surface area contributed by atoms with Crippen LogP contribution in [0.15, 0.2) is 71.9 Å². The quantitative estimate of drug-likeness (QED) is 0.628. The van der Waals surface area contributed by atoms with Crippen LogP contribution in [0.1, 0.15) is 5.56 Å². The molecule has 4 heteroatoms. The lowest BCUT2D eigenvalue weighted by Crippen LogP contribution is -2.24. The summed E-state index contributed by atoms with van der Waals surface area (Å²) >= 11 is 3.55. The van der Waals surface area contributed by atoms with Crippen LogP contribution >= 0.6 is 15.9 Å². The number of fused-ring (bicyclic) bond motifs is 1. The summed E-state index contributed by atoms with van der Waals surface area (Å²) in [5, 5.41) is 0. The van der Waals surface area contributed by atoms with Crippen LogP contribution in [0.25, 0.3) is 11.0 Å². The first-order valence-electron chi connectivity index (χ1n) is 7.10. The van der Waals surface area contributed by atoms with Gasteiger partial charge < -0.3 is 4.90 Å². The van der Waals surface area contributed by atoms with Crippen molar-refractivity contribution in [3.8, 4) is 0 Å². The summed E-state index contributed by atoms with van der Waals surface area (Å²) in [5.41, 5.74) is 3.01. The van der Waals surface area contributed by atoms with Crippen LogP contribution < -0.4 is 4.90 Å². The van der Waals surface area contributed by atoms with Crippen LogP contribution in [0, 0.1) is 0 Å². The largest absolute Gasteiger partial charge is 0.346 e. The number of para-hydroxylation sites is 2. The van der Waals surface area contributed by atoms with E-state index in [4.69, 9.17) is 4.98 Å². The maximum absolute atomic E-state index is 4.76. The summed E-state index contributed by atoms with van der Waals surface area (Å²) in [4.78, 5) is 11.5. The van der Waals surface area contributed by atoms with Crippen molar-refractivity contribution < 1.29 is 0 Å². The second kappa shape index (κ2) is 6.71. The minimum absolute atomic E-state index is 0.709. The van der Waals surface area contributed by atoms with Gasteiger partial charge in [0, 0.05) is 13.1 Å². The molecule has 0 unspecified atom stereocenters. The van der Waals surface area contributed by atoms with Crippen molar-refractivity contribution in [2.24, 2.45) is 0 Å². The Labute approximate surface area is 138 Å². The number of anilines is 1. The molecule has 0 bridgehead atoms. The first-order chi connectivity index (χ1) is 10.8. The van der Waals surface area contributed by atoms with Gasteiger partial charge in [-0.1, -0.05) is 48.5 Å². The molecule has 0 aliphatic carbocycles. The number of halogens is 1. The highest BCUT2D eigenvalue weighted by Crippen LogP contribution is 2.26. The molecule has 1 aromatic heterocycles. The van der Waals surface area contributed by atoms with Crippen LogP contribution in [0.2, 0.25) is 0 Å². The zero-order valence-corrected chi connectivity index (χ0v) is 13.7. The van der Waals surface area contributed by atoms with Gasteiger partial charge in [-0.3, -0.25) is 0 Å². The van der Waals surface area contributed by atoms with Crippen molar-refractivity contribution in [1.29, 1.82) is 0 Å². The molecule has 110 valence electrons. The second-order valence-electron chi connectivity index (χ2n) is 4.98. The third-order valence-electron chi connectivity index (χ3n) is 3.38. The Balaban J connectivity index is 2.00. The molecule has 0 fully saturated rings. The zero-order chi connectivity index (χ0) is 15.4. The summed E-state index contributed by atoms with van der Waals surface area (Å²) < 4.78 is 0.754. The van der Waals surface area contributed by atoms with Gasteiger partial charge in [-0.15, -0.1) is 6.58 Å². The van der Waals surface area contributed by atoms with Crippen LogP contribution in [0.4, 0.5) is 5.82 Å². The molecule has 3 rings (SSSR count). The Bertz CT molecular complexity index is 787. The molecular weight excluding hydrogens is 338 g/mol. The Morgan fingerprint density at radius 2 is 1.59 bits per heavy atom. The van der Waals surface area contributed by atoms with Crippen molar-refractivity contribution in [2.75, 3.05) is 11.4 Å². The van der Waals surface area contributed by atoms with E-state index in [1.54, 1.807) is 0 Å². The molecule has 22 heavy (non-hydrogen) atoms. The number of hydrogen-bond donors (Lipinski definition) is 0. The number of aromatic nitrogens is 2. The monoisotopic (exact) mass is 353 g/mol. The van der Waals surface area contributed by atoms with Crippen molar-refractivity contribution in [3.05, 3.63) is 77.4 Å². The molecule has 0 atom stereocenters. The van der Waals surface area contributed by atoms with E-state index >= 15 is 0 Å². The number of hydrogen-bond acceptors (Lipinski definition) is 3. The topological polar surface area (TPSA) is 29.0 Å². The molecule has 0 saturated heterocycles. The summed E-state index contributed by atoms with van der Waals surface area (Å²) in [7, 11) is 0. The average Bonchev–Trinajstić information content (AvgIpc) is 2.55. The van der Waals surface area contributed by atoms with Crippen LogP contribution in [-0.2, 0) is 6.54 Å². The van der Waals surface area contributed by atoms with Gasteiger partial charge in [0.1, 0.15) is 4.60 Å². The molecular formula is C18H16BrN3. The molecule has 0 radical (unpaired) electrons. The van der Waals surface area contributed by atoms with Gasteiger partial charge in [-0.2, -0.15) is 0 Å². The van der Waals surface area contributed by atoms with Gasteiger partial charge in [0.15, 0.2) is 5.82 Å². The van der Waals surface area contributed by atoms with Gasteiger partial charge in [0.25, 0.3) is 0 Å². The van der Waals surface area contributed by atoms with E-state index in [-0.39, 0.29) is 0 Å². The lowest BCUT2D eigenvalue weighted by atomic mass is 10.2. The first-order valence-corrected chi connectivity index (χ1v) is 7.89. The summed E-state index contributed by atoms with van der Waals surface area (Å²) in [6.07, 6.45) is 1.88. The molecule has 0 aliphatic heterocycles. The SMILES string of the molecule is C=CCN(Cc1ccccc1)c1nc2ccccc2nc1Br. The number of rotatable bonds is 5. The standard InChI is InChI=1S/C18H16BrN3/c1-2-12-22(13-14-8-4-3-5-9-14)18-17(19)20-15-10-6-7-11-16(15)21-18/h2-11H,1,12-13H2. The van der Waals surface area contributed by atoms with Crippen LogP contribution in [-0.4, -0.2) is 16.5 Å². The Morgan fingerprint density at radius 3 is 2.27 bits per heavy atom. The molecule has 0 N–H and O–H groups in total. The van der Waals surface area contributed by atoms with E-state index < -0.39 is 0 Å².